The average molecular weight is 287 g/mol. The van der Waals surface area contributed by atoms with E-state index in [1.54, 1.807) is 6.92 Å². The molecule has 0 saturated heterocycles. The minimum atomic E-state index is -0.219. The SMILES string of the molecule is Cc1cccc(CN(C)c2cc(C)c(F)cc2[C@H](C)N)n1. The second kappa shape index (κ2) is 6.22. The molecule has 0 aliphatic rings. The maximum Gasteiger partial charge on any atom is 0.126 e. The van der Waals surface area contributed by atoms with E-state index in [1.807, 2.05) is 45.2 Å². The Morgan fingerprint density at radius 3 is 2.62 bits per heavy atom. The Balaban J connectivity index is 2.34. The van der Waals surface area contributed by atoms with Crippen molar-refractivity contribution in [1.82, 2.24) is 4.98 Å². The highest BCUT2D eigenvalue weighted by molar-refractivity contribution is 5.56. The molecule has 0 fully saturated rings. The number of rotatable bonds is 4. The van der Waals surface area contributed by atoms with E-state index in [9.17, 15) is 4.39 Å². The number of nitrogens with zero attached hydrogens (tertiary/aromatic N) is 2. The van der Waals surface area contributed by atoms with Crippen molar-refractivity contribution in [3.05, 3.63) is 58.7 Å². The fourth-order valence-electron chi connectivity index (χ4n) is 2.39. The van der Waals surface area contributed by atoms with Crippen molar-refractivity contribution in [3.63, 3.8) is 0 Å². The van der Waals surface area contributed by atoms with Gasteiger partial charge in [0, 0.05) is 24.5 Å². The van der Waals surface area contributed by atoms with Gasteiger partial charge in [0.2, 0.25) is 0 Å². The van der Waals surface area contributed by atoms with Crippen molar-refractivity contribution in [3.8, 4) is 0 Å². The summed E-state index contributed by atoms with van der Waals surface area (Å²) in [6.07, 6.45) is 0. The van der Waals surface area contributed by atoms with Crippen molar-refractivity contribution in [1.29, 1.82) is 0 Å². The molecule has 2 rings (SSSR count). The van der Waals surface area contributed by atoms with Gasteiger partial charge in [-0.2, -0.15) is 0 Å². The van der Waals surface area contributed by atoms with Gasteiger partial charge in [-0.3, -0.25) is 4.98 Å². The Morgan fingerprint density at radius 2 is 2.00 bits per heavy atom. The van der Waals surface area contributed by atoms with E-state index in [0.717, 1.165) is 22.6 Å². The zero-order valence-electron chi connectivity index (χ0n) is 13.0. The van der Waals surface area contributed by atoms with Crippen LogP contribution in [0.25, 0.3) is 0 Å². The van der Waals surface area contributed by atoms with Crippen LogP contribution in [0.1, 0.15) is 35.5 Å². The molecule has 3 nitrogen and oxygen atoms in total. The van der Waals surface area contributed by atoms with Crippen LogP contribution in [-0.2, 0) is 6.54 Å². The normalized spacial score (nSPS) is 12.3. The van der Waals surface area contributed by atoms with E-state index in [0.29, 0.717) is 12.1 Å². The molecule has 21 heavy (non-hydrogen) atoms. The van der Waals surface area contributed by atoms with Gasteiger partial charge in [0.05, 0.1) is 12.2 Å². The Kier molecular flexibility index (Phi) is 4.58. The van der Waals surface area contributed by atoms with Gasteiger partial charge in [0.15, 0.2) is 0 Å². The summed E-state index contributed by atoms with van der Waals surface area (Å²) in [6.45, 7) is 6.26. The molecule has 0 bridgehead atoms. The van der Waals surface area contributed by atoms with Crippen LogP contribution >= 0.6 is 0 Å². The average Bonchev–Trinajstić information content (AvgIpc) is 2.41. The van der Waals surface area contributed by atoms with Crippen LogP contribution in [-0.4, -0.2) is 12.0 Å². The largest absolute Gasteiger partial charge is 0.368 e. The van der Waals surface area contributed by atoms with E-state index in [-0.39, 0.29) is 11.9 Å². The lowest BCUT2D eigenvalue weighted by Gasteiger charge is -2.24. The molecule has 0 spiro atoms. The minimum absolute atomic E-state index is 0.215. The monoisotopic (exact) mass is 287 g/mol. The standard InChI is InChI=1S/C17H22FN3/c1-11-8-17(15(13(3)19)9-16(11)18)21(4)10-14-7-5-6-12(2)20-14/h5-9,13H,10,19H2,1-4H3/t13-/m0/s1. The highest BCUT2D eigenvalue weighted by Gasteiger charge is 2.14. The summed E-state index contributed by atoms with van der Waals surface area (Å²) < 4.78 is 13.8. The smallest absolute Gasteiger partial charge is 0.126 e. The van der Waals surface area contributed by atoms with Crippen molar-refractivity contribution in [2.75, 3.05) is 11.9 Å². The number of hydrogen-bond donors (Lipinski definition) is 1. The number of pyridine rings is 1. The lowest BCUT2D eigenvalue weighted by Crippen LogP contribution is -2.21. The predicted molar refractivity (Wildman–Crippen MR) is 84.8 cm³/mol. The van der Waals surface area contributed by atoms with Gasteiger partial charge < -0.3 is 10.6 Å². The van der Waals surface area contributed by atoms with Gasteiger partial charge >= 0.3 is 0 Å². The summed E-state index contributed by atoms with van der Waals surface area (Å²) in [5.41, 5.74) is 10.3. The first-order chi connectivity index (χ1) is 9.88. The summed E-state index contributed by atoms with van der Waals surface area (Å²) in [5, 5.41) is 0. The molecular formula is C17H22FN3. The fraction of sp³-hybridized carbons (Fsp3) is 0.353. The lowest BCUT2D eigenvalue weighted by molar-refractivity contribution is 0.612. The molecule has 1 aromatic heterocycles. The van der Waals surface area contributed by atoms with Crippen molar-refractivity contribution in [2.24, 2.45) is 5.73 Å². The van der Waals surface area contributed by atoms with Crippen molar-refractivity contribution in [2.45, 2.75) is 33.4 Å². The minimum Gasteiger partial charge on any atom is -0.368 e. The molecule has 0 aliphatic carbocycles. The number of benzene rings is 1. The predicted octanol–water partition coefficient (Wildman–Crippen LogP) is 3.49. The molecule has 2 N–H and O–H groups in total. The van der Waals surface area contributed by atoms with Crippen LogP contribution in [0.2, 0.25) is 0 Å². The van der Waals surface area contributed by atoms with E-state index < -0.39 is 0 Å². The Bertz CT molecular complexity index is 638. The molecule has 2 aromatic rings. The van der Waals surface area contributed by atoms with Gasteiger partial charge in [-0.05, 0) is 56.2 Å². The van der Waals surface area contributed by atoms with Crippen molar-refractivity contribution < 1.29 is 4.39 Å². The zero-order chi connectivity index (χ0) is 15.6. The van der Waals surface area contributed by atoms with Crippen LogP contribution in [0.15, 0.2) is 30.3 Å². The lowest BCUT2D eigenvalue weighted by atomic mass is 10.0. The number of aryl methyl sites for hydroxylation is 2. The van der Waals surface area contributed by atoms with Gasteiger partial charge in [-0.25, -0.2) is 4.39 Å². The van der Waals surface area contributed by atoms with Gasteiger partial charge in [-0.15, -0.1) is 0 Å². The third-order valence-corrected chi connectivity index (χ3v) is 3.55. The molecule has 112 valence electrons. The third-order valence-electron chi connectivity index (χ3n) is 3.55. The van der Waals surface area contributed by atoms with E-state index in [2.05, 4.69) is 9.88 Å². The Hall–Kier alpha value is -1.94. The van der Waals surface area contributed by atoms with Crippen LogP contribution in [0.4, 0.5) is 10.1 Å². The molecular weight excluding hydrogens is 265 g/mol. The highest BCUT2D eigenvalue weighted by atomic mass is 19.1. The molecule has 0 amide bonds. The molecule has 1 heterocycles. The van der Waals surface area contributed by atoms with Gasteiger partial charge in [0.25, 0.3) is 0 Å². The van der Waals surface area contributed by atoms with Gasteiger partial charge in [0.1, 0.15) is 5.82 Å². The van der Waals surface area contributed by atoms with Crippen LogP contribution in [0, 0.1) is 19.7 Å². The molecule has 0 unspecified atom stereocenters. The Labute approximate surface area is 125 Å². The van der Waals surface area contributed by atoms with Gasteiger partial charge in [-0.1, -0.05) is 6.07 Å². The maximum absolute atomic E-state index is 13.8. The summed E-state index contributed by atoms with van der Waals surface area (Å²) in [6, 6.07) is 9.13. The molecule has 0 aliphatic heterocycles. The van der Waals surface area contributed by atoms with E-state index in [1.165, 1.54) is 6.07 Å². The second-order valence-electron chi connectivity index (χ2n) is 5.58. The van der Waals surface area contributed by atoms with E-state index >= 15 is 0 Å². The maximum atomic E-state index is 13.8. The molecule has 0 radical (unpaired) electrons. The molecule has 4 heteroatoms. The summed E-state index contributed by atoms with van der Waals surface area (Å²) >= 11 is 0. The number of anilines is 1. The van der Waals surface area contributed by atoms with Crippen LogP contribution in [0.3, 0.4) is 0 Å². The topological polar surface area (TPSA) is 42.1 Å². The summed E-state index contributed by atoms with van der Waals surface area (Å²) in [5.74, 6) is -0.215. The van der Waals surface area contributed by atoms with Crippen LogP contribution < -0.4 is 10.6 Å². The number of halogens is 1. The number of hydrogen-bond acceptors (Lipinski definition) is 3. The second-order valence-corrected chi connectivity index (χ2v) is 5.58. The first kappa shape index (κ1) is 15.4. The number of aromatic nitrogens is 1. The third kappa shape index (κ3) is 3.58. The van der Waals surface area contributed by atoms with Crippen molar-refractivity contribution >= 4 is 5.69 Å². The molecule has 1 aromatic carbocycles. The molecule has 0 saturated carbocycles. The summed E-state index contributed by atoms with van der Waals surface area (Å²) in [4.78, 5) is 6.57. The first-order valence-corrected chi connectivity index (χ1v) is 7.07. The Morgan fingerprint density at radius 1 is 1.29 bits per heavy atom. The highest BCUT2D eigenvalue weighted by Crippen LogP contribution is 2.28. The first-order valence-electron chi connectivity index (χ1n) is 7.07. The quantitative estimate of drug-likeness (QED) is 0.936. The number of nitrogens with two attached hydrogens (primary N) is 1. The molecule has 1 atom stereocenters. The summed E-state index contributed by atoms with van der Waals surface area (Å²) in [7, 11) is 1.97. The zero-order valence-corrected chi connectivity index (χ0v) is 13.0. The fourth-order valence-corrected chi connectivity index (χ4v) is 2.39. The van der Waals surface area contributed by atoms with Crippen LogP contribution in [0.5, 0.6) is 0 Å². The van der Waals surface area contributed by atoms with E-state index in [4.69, 9.17) is 5.73 Å².